The van der Waals surface area contributed by atoms with Crippen LogP contribution in [0.2, 0.25) is 0 Å². The van der Waals surface area contributed by atoms with E-state index in [-0.39, 0.29) is 11.5 Å². The molecular formula is C10H10N2O2. The lowest BCUT2D eigenvalue weighted by Crippen LogP contribution is -2.23. The summed E-state index contributed by atoms with van der Waals surface area (Å²) in [7, 11) is 0. The maximum absolute atomic E-state index is 11.3. The Kier molecular flexibility index (Phi) is 3.50. The monoisotopic (exact) mass is 190 g/mol. The minimum absolute atomic E-state index is 0.0771. The quantitative estimate of drug-likeness (QED) is 0.577. The zero-order valence-electron chi connectivity index (χ0n) is 7.78. The number of rotatable bonds is 3. The molecule has 0 aliphatic rings. The molecule has 72 valence electrons. The lowest BCUT2D eigenvalue weighted by Gasteiger charge is -1.98. The van der Waals surface area contributed by atoms with Gasteiger partial charge in [0.2, 0.25) is 0 Å². The summed E-state index contributed by atoms with van der Waals surface area (Å²) in [5, 5.41) is 11.3. The Morgan fingerprint density at radius 2 is 2.57 bits per heavy atom. The summed E-state index contributed by atoms with van der Waals surface area (Å²) in [4.78, 5) is 11.3. The van der Waals surface area contributed by atoms with Gasteiger partial charge >= 0.3 is 0 Å². The molecule has 0 unspecified atom stereocenters. The van der Waals surface area contributed by atoms with Crippen molar-refractivity contribution in [3.8, 4) is 6.07 Å². The first-order valence-electron chi connectivity index (χ1n) is 4.20. The van der Waals surface area contributed by atoms with Crippen molar-refractivity contribution >= 4 is 12.0 Å². The Hall–Kier alpha value is -2.02. The van der Waals surface area contributed by atoms with Crippen LogP contribution in [0.1, 0.15) is 12.5 Å². The van der Waals surface area contributed by atoms with Gasteiger partial charge < -0.3 is 9.73 Å². The fourth-order valence-electron chi connectivity index (χ4n) is 0.928. The number of carbonyl (C=O) groups is 1. The SMILES string of the molecule is CCNC(=O)/C(C#N)=C/c1ccoc1. The van der Waals surface area contributed by atoms with Crippen molar-refractivity contribution in [2.75, 3.05) is 6.54 Å². The van der Waals surface area contributed by atoms with Crippen molar-refractivity contribution in [1.82, 2.24) is 5.32 Å². The van der Waals surface area contributed by atoms with Crippen LogP contribution in [0.3, 0.4) is 0 Å². The van der Waals surface area contributed by atoms with Crippen LogP contribution in [0, 0.1) is 11.3 Å². The zero-order valence-corrected chi connectivity index (χ0v) is 7.78. The molecule has 0 saturated heterocycles. The van der Waals surface area contributed by atoms with Crippen LogP contribution < -0.4 is 5.32 Å². The maximum atomic E-state index is 11.3. The predicted octanol–water partition coefficient (Wildman–Crippen LogP) is 1.32. The summed E-state index contributed by atoms with van der Waals surface area (Å²) in [6.45, 7) is 2.30. The number of likely N-dealkylation sites (N-methyl/N-ethyl adjacent to an activating group) is 1. The van der Waals surface area contributed by atoms with Crippen LogP contribution in [0.4, 0.5) is 0 Å². The third-order valence-electron chi connectivity index (χ3n) is 1.56. The molecule has 1 rings (SSSR count). The Labute approximate surface area is 81.8 Å². The van der Waals surface area contributed by atoms with Crippen molar-refractivity contribution in [1.29, 1.82) is 5.26 Å². The van der Waals surface area contributed by atoms with Crippen molar-refractivity contribution in [3.05, 3.63) is 29.7 Å². The molecule has 1 aromatic rings. The van der Waals surface area contributed by atoms with E-state index >= 15 is 0 Å². The summed E-state index contributed by atoms with van der Waals surface area (Å²) >= 11 is 0. The van der Waals surface area contributed by atoms with E-state index in [9.17, 15) is 4.79 Å². The molecule has 0 saturated carbocycles. The molecule has 14 heavy (non-hydrogen) atoms. The van der Waals surface area contributed by atoms with E-state index in [1.807, 2.05) is 6.07 Å². The van der Waals surface area contributed by atoms with Crippen LogP contribution in [0.15, 0.2) is 28.6 Å². The number of carbonyl (C=O) groups excluding carboxylic acids is 1. The highest BCUT2D eigenvalue weighted by molar-refractivity contribution is 6.01. The van der Waals surface area contributed by atoms with Gasteiger partial charge in [-0.25, -0.2) is 0 Å². The molecule has 1 N–H and O–H groups in total. The van der Waals surface area contributed by atoms with Gasteiger partial charge in [-0.2, -0.15) is 5.26 Å². The fourth-order valence-corrected chi connectivity index (χ4v) is 0.928. The van der Waals surface area contributed by atoms with Gasteiger partial charge in [-0.1, -0.05) is 0 Å². The van der Waals surface area contributed by atoms with E-state index in [4.69, 9.17) is 9.68 Å². The summed E-state index contributed by atoms with van der Waals surface area (Å²) in [5.74, 6) is -0.365. The Bertz CT molecular complexity index is 371. The van der Waals surface area contributed by atoms with Crippen molar-refractivity contribution in [2.45, 2.75) is 6.92 Å². The second-order valence-electron chi connectivity index (χ2n) is 2.59. The van der Waals surface area contributed by atoms with Crippen LogP contribution in [-0.4, -0.2) is 12.5 Å². The molecule has 0 bridgehead atoms. The van der Waals surface area contributed by atoms with E-state index in [1.165, 1.54) is 18.6 Å². The second-order valence-corrected chi connectivity index (χ2v) is 2.59. The zero-order chi connectivity index (χ0) is 10.4. The average molecular weight is 190 g/mol. The van der Waals surface area contributed by atoms with Crippen LogP contribution in [0.25, 0.3) is 6.08 Å². The number of nitriles is 1. The summed E-state index contributed by atoms with van der Waals surface area (Å²) in [5.41, 5.74) is 0.779. The molecule has 0 fully saturated rings. The summed E-state index contributed by atoms with van der Waals surface area (Å²) in [6.07, 6.45) is 4.43. The first-order chi connectivity index (χ1) is 6.77. The van der Waals surface area contributed by atoms with E-state index in [0.29, 0.717) is 12.1 Å². The molecule has 1 aromatic heterocycles. The highest BCUT2D eigenvalue weighted by atomic mass is 16.3. The number of hydrogen-bond donors (Lipinski definition) is 1. The maximum Gasteiger partial charge on any atom is 0.261 e. The molecule has 0 aliphatic heterocycles. The van der Waals surface area contributed by atoms with Gasteiger partial charge in [0, 0.05) is 12.1 Å². The standard InChI is InChI=1S/C10H10N2O2/c1-2-12-10(13)9(6-11)5-8-3-4-14-7-8/h3-5,7H,2H2,1H3,(H,12,13)/b9-5+. The van der Waals surface area contributed by atoms with Crippen LogP contribution in [0.5, 0.6) is 0 Å². The molecule has 4 nitrogen and oxygen atoms in total. The van der Waals surface area contributed by atoms with E-state index in [0.717, 1.165) is 0 Å². The van der Waals surface area contributed by atoms with Gasteiger partial charge in [0.15, 0.2) is 0 Å². The largest absolute Gasteiger partial charge is 0.472 e. The number of amides is 1. The Morgan fingerprint density at radius 1 is 1.79 bits per heavy atom. The molecule has 0 aliphatic carbocycles. The average Bonchev–Trinajstić information content (AvgIpc) is 2.66. The number of nitrogens with zero attached hydrogens (tertiary/aromatic N) is 1. The van der Waals surface area contributed by atoms with Crippen LogP contribution >= 0.6 is 0 Å². The molecule has 0 radical (unpaired) electrons. The smallest absolute Gasteiger partial charge is 0.261 e. The first-order valence-corrected chi connectivity index (χ1v) is 4.20. The normalized spacial score (nSPS) is 10.7. The highest BCUT2D eigenvalue weighted by Gasteiger charge is 2.06. The van der Waals surface area contributed by atoms with Gasteiger partial charge in [-0.3, -0.25) is 4.79 Å². The lowest BCUT2D eigenvalue weighted by molar-refractivity contribution is -0.116. The Morgan fingerprint density at radius 3 is 3.07 bits per heavy atom. The number of hydrogen-bond acceptors (Lipinski definition) is 3. The Balaban J connectivity index is 2.83. The number of nitrogens with one attached hydrogen (secondary N) is 1. The lowest BCUT2D eigenvalue weighted by atomic mass is 10.2. The van der Waals surface area contributed by atoms with Gasteiger partial charge in [0.25, 0.3) is 5.91 Å². The van der Waals surface area contributed by atoms with E-state index < -0.39 is 0 Å². The molecule has 1 amide bonds. The highest BCUT2D eigenvalue weighted by Crippen LogP contribution is 2.06. The first kappa shape index (κ1) is 10.1. The van der Waals surface area contributed by atoms with Gasteiger partial charge in [-0.05, 0) is 19.1 Å². The predicted molar refractivity (Wildman–Crippen MR) is 51.0 cm³/mol. The third-order valence-corrected chi connectivity index (χ3v) is 1.56. The second kappa shape index (κ2) is 4.87. The topological polar surface area (TPSA) is 66.0 Å². The van der Waals surface area contributed by atoms with Gasteiger partial charge in [0.05, 0.1) is 12.5 Å². The molecule has 4 heteroatoms. The third kappa shape index (κ3) is 2.49. The molecule has 0 spiro atoms. The molecule has 0 atom stereocenters. The van der Waals surface area contributed by atoms with Crippen LogP contribution in [-0.2, 0) is 4.79 Å². The summed E-state index contributed by atoms with van der Waals surface area (Å²) < 4.78 is 4.81. The van der Waals surface area contributed by atoms with Gasteiger partial charge in [0.1, 0.15) is 11.6 Å². The minimum atomic E-state index is -0.365. The molecular weight excluding hydrogens is 180 g/mol. The minimum Gasteiger partial charge on any atom is -0.472 e. The number of furan rings is 1. The summed E-state index contributed by atoms with van der Waals surface area (Å²) in [6, 6.07) is 3.51. The molecule has 0 aromatic carbocycles. The van der Waals surface area contributed by atoms with E-state index in [2.05, 4.69) is 5.32 Å². The van der Waals surface area contributed by atoms with E-state index in [1.54, 1.807) is 13.0 Å². The van der Waals surface area contributed by atoms with Crippen molar-refractivity contribution in [3.63, 3.8) is 0 Å². The fraction of sp³-hybridized carbons (Fsp3) is 0.200. The van der Waals surface area contributed by atoms with Crippen molar-refractivity contribution in [2.24, 2.45) is 0 Å². The molecule has 1 heterocycles. The van der Waals surface area contributed by atoms with Gasteiger partial charge in [-0.15, -0.1) is 0 Å². The van der Waals surface area contributed by atoms with Crippen molar-refractivity contribution < 1.29 is 9.21 Å².